The molecule has 0 saturated heterocycles. The van der Waals surface area contributed by atoms with Crippen LogP contribution in [0.4, 0.5) is 0 Å². The van der Waals surface area contributed by atoms with Crippen LogP contribution in [0.2, 0.25) is 0 Å². The van der Waals surface area contributed by atoms with Crippen LogP contribution in [-0.2, 0) is 9.57 Å². The Hall–Kier alpha value is -1.10. The highest BCUT2D eigenvalue weighted by atomic mass is 35.5. The zero-order valence-corrected chi connectivity index (χ0v) is 13.6. The van der Waals surface area contributed by atoms with Gasteiger partial charge in [0.15, 0.2) is 6.23 Å². The third kappa shape index (κ3) is 3.29. The maximum atomic E-state index is 12.5. The first-order valence-electron chi connectivity index (χ1n) is 8.01. The summed E-state index contributed by atoms with van der Waals surface area (Å²) in [7, 11) is 0. The highest BCUT2D eigenvalue weighted by Gasteiger charge is 2.40. The van der Waals surface area contributed by atoms with E-state index in [0.717, 1.165) is 18.4 Å². The van der Waals surface area contributed by atoms with E-state index < -0.39 is 6.23 Å². The van der Waals surface area contributed by atoms with Crippen molar-refractivity contribution in [2.75, 3.05) is 6.61 Å². The Kier molecular flexibility index (Phi) is 5.01. The van der Waals surface area contributed by atoms with Crippen LogP contribution < -0.4 is 0 Å². The lowest BCUT2D eigenvalue weighted by Gasteiger charge is -2.30. The smallest absolute Gasteiger partial charge is 0.280 e. The number of fused-ring (bicyclic) bond motifs is 1. The number of benzene rings is 1. The molecule has 4 nitrogen and oxygen atoms in total. The SMILES string of the molecule is CC(Cl)CON1C(=O)c2ccccc2C1OC1CCCCC1. The lowest BCUT2D eigenvalue weighted by atomic mass is 9.97. The number of amides is 1. The van der Waals surface area contributed by atoms with Gasteiger partial charge in [-0.05, 0) is 25.8 Å². The number of hydroxylamine groups is 2. The Morgan fingerprint density at radius 2 is 2.00 bits per heavy atom. The summed E-state index contributed by atoms with van der Waals surface area (Å²) in [6.45, 7) is 2.12. The fourth-order valence-corrected chi connectivity index (χ4v) is 3.14. The van der Waals surface area contributed by atoms with Gasteiger partial charge in [-0.1, -0.05) is 37.5 Å². The molecule has 1 amide bonds. The van der Waals surface area contributed by atoms with Crippen molar-refractivity contribution in [1.82, 2.24) is 5.06 Å². The number of carbonyl (C=O) groups is 1. The number of ether oxygens (including phenoxy) is 1. The summed E-state index contributed by atoms with van der Waals surface area (Å²) in [6.07, 6.45) is 5.47. The standard InChI is InChI=1S/C17H22ClNO3/c1-12(18)11-21-19-16(20)14-9-5-6-10-15(14)17(19)22-13-7-3-2-4-8-13/h5-6,9-10,12-13,17H,2-4,7-8,11H2,1H3. The van der Waals surface area contributed by atoms with Crippen LogP contribution in [-0.4, -0.2) is 29.1 Å². The number of nitrogens with zero attached hydrogens (tertiary/aromatic N) is 1. The van der Waals surface area contributed by atoms with Gasteiger partial charge in [-0.3, -0.25) is 9.63 Å². The molecule has 0 spiro atoms. The van der Waals surface area contributed by atoms with E-state index in [2.05, 4.69) is 0 Å². The van der Waals surface area contributed by atoms with Gasteiger partial charge in [0.25, 0.3) is 5.91 Å². The zero-order valence-electron chi connectivity index (χ0n) is 12.8. The molecule has 5 heteroatoms. The summed E-state index contributed by atoms with van der Waals surface area (Å²) >= 11 is 5.95. The molecular weight excluding hydrogens is 302 g/mol. The Bertz CT molecular complexity index is 528. The van der Waals surface area contributed by atoms with Crippen LogP contribution >= 0.6 is 11.6 Å². The Morgan fingerprint density at radius 1 is 1.27 bits per heavy atom. The highest BCUT2D eigenvalue weighted by molar-refractivity contribution is 6.20. The van der Waals surface area contributed by atoms with Crippen molar-refractivity contribution in [3.63, 3.8) is 0 Å². The highest BCUT2D eigenvalue weighted by Crippen LogP contribution is 2.37. The van der Waals surface area contributed by atoms with Gasteiger partial charge in [0.2, 0.25) is 0 Å². The van der Waals surface area contributed by atoms with Gasteiger partial charge in [-0.15, -0.1) is 11.6 Å². The van der Waals surface area contributed by atoms with Crippen LogP contribution in [0.15, 0.2) is 24.3 Å². The molecule has 1 saturated carbocycles. The molecule has 0 N–H and O–H groups in total. The van der Waals surface area contributed by atoms with Crippen molar-refractivity contribution < 1.29 is 14.4 Å². The first kappa shape index (κ1) is 15.8. The number of hydrogen-bond donors (Lipinski definition) is 0. The van der Waals surface area contributed by atoms with Crippen molar-refractivity contribution in [2.24, 2.45) is 0 Å². The van der Waals surface area contributed by atoms with Crippen molar-refractivity contribution in [2.45, 2.75) is 56.7 Å². The van der Waals surface area contributed by atoms with Crippen LogP contribution in [0.3, 0.4) is 0 Å². The normalized spacial score (nSPS) is 23.6. The minimum atomic E-state index is -0.456. The van der Waals surface area contributed by atoms with Crippen molar-refractivity contribution in [3.05, 3.63) is 35.4 Å². The summed E-state index contributed by atoms with van der Waals surface area (Å²) in [5.74, 6) is -0.145. The molecule has 1 aromatic carbocycles. The number of carbonyl (C=O) groups excluding carboxylic acids is 1. The van der Waals surface area contributed by atoms with Gasteiger partial charge in [0.1, 0.15) is 0 Å². The maximum absolute atomic E-state index is 12.5. The van der Waals surface area contributed by atoms with Gasteiger partial charge in [0.05, 0.1) is 18.1 Å². The third-order valence-electron chi connectivity index (χ3n) is 4.19. The second-order valence-corrected chi connectivity index (χ2v) is 6.79. The first-order valence-corrected chi connectivity index (χ1v) is 8.45. The van der Waals surface area contributed by atoms with Crippen LogP contribution in [0.25, 0.3) is 0 Å². The molecule has 2 unspecified atom stereocenters. The molecule has 1 heterocycles. The van der Waals surface area contributed by atoms with Crippen molar-refractivity contribution in [3.8, 4) is 0 Å². The largest absolute Gasteiger partial charge is 0.348 e. The van der Waals surface area contributed by atoms with Crippen LogP contribution in [0, 0.1) is 0 Å². The fourth-order valence-electron chi connectivity index (χ4n) is 3.08. The van der Waals surface area contributed by atoms with Gasteiger partial charge >= 0.3 is 0 Å². The first-order chi connectivity index (χ1) is 10.7. The zero-order chi connectivity index (χ0) is 15.5. The third-order valence-corrected chi connectivity index (χ3v) is 4.31. The van der Waals surface area contributed by atoms with Crippen LogP contribution in [0.5, 0.6) is 0 Å². The summed E-state index contributed by atoms with van der Waals surface area (Å²) in [5, 5.41) is 1.20. The summed E-state index contributed by atoms with van der Waals surface area (Å²) in [4.78, 5) is 18.2. The molecule has 1 fully saturated rings. The predicted octanol–water partition coefficient (Wildman–Crippen LogP) is 4.05. The van der Waals surface area contributed by atoms with E-state index in [-0.39, 0.29) is 24.0 Å². The van der Waals surface area contributed by atoms with Crippen LogP contribution in [0.1, 0.15) is 61.2 Å². The molecule has 3 rings (SSSR count). The van der Waals surface area contributed by atoms with Crippen molar-refractivity contribution in [1.29, 1.82) is 0 Å². The van der Waals surface area contributed by atoms with E-state index in [0.29, 0.717) is 5.56 Å². The van der Waals surface area contributed by atoms with E-state index in [4.69, 9.17) is 21.2 Å². The van der Waals surface area contributed by atoms with E-state index in [1.54, 1.807) is 0 Å². The van der Waals surface area contributed by atoms with Crippen molar-refractivity contribution >= 4 is 17.5 Å². The molecule has 1 aromatic rings. The molecule has 2 aliphatic rings. The molecule has 1 aliphatic carbocycles. The van der Waals surface area contributed by atoms with E-state index in [1.807, 2.05) is 31.2 Å². The minimum absolute atomic E-state index is 0.145. The van der Waals surface area contributed by atoms with Gasteiger partial charge < -0.3 is 4.74 Å². The van der Waals surface area contributed by atoms with E-state index in [1.165, 1.54) is 24.3 Å². The lowest BCUT2D eigenvalue weighted by Crippen LogP contribution is -2.34. The summed E-state index contributed by atoms with van der Waals surface area (Å²) < 4.78 is 6.23. The second-order valence-electron chi connectivity index (χ2n) is 6.04. The van der Waals surface area contributed by atoms with E-state index in [9.17, 15) is 4.79 Å². The number of rotatable bonds is 5. The maximum Gasteiger partial charge on any atom is 0.280 e. The lowest BCUT2D eigenvalue weighted by molar-refractivity contribution is -0.231. The number of alkyl halides is 1. The predicted molar refractivity (Wildman–Crippen MR) is 84.6 cm³/mol. The topological polar surface area (TPSA) is 38.8 Å². The summed E-state index contributed by atoms with van der Waals surface area (Å²) in [6, 6.07) is 7.55. The average molecular weight is 324 g/mol. The molecule has 0 aromatic heterocycles. The van der Waals surface area contributed by atoms with Gasteiger partial charge in [-0.2, -0.15) is 5.06 Å². The molecule has 2 atom stereocenters. The second kappa shape index (κ2) is 6.99. The molecule has 0 bridgehead atoms. The molecular formula is C17H22ClNO3. The number of hydrogen-bond acceptors (Lipinski definition) is 3. The Labute approximate surface area is 136 Å². The minimum Gasteiger partial charge on any atom is -0.348 e. The average Bonchev–Trinajstić information content (AvgIpc) is 2.79. The summed E-state index contributed by atoms with van der Waals surface area (Å²) in [5.41, 5.74) is 1.55. The van der Waals surface area contributed by atoms with Gasteiger partial charge in [-0.25, -0.2) is 0 Å². The van der Waals surface area contributed by atoms with E-state index >= 15 is 0 Å². The Balaban J connectivity index is 1.79. The Morgan fingerprint density at radius 3 is 2.73 bits per heavy atom. The van der Waals surface area contributed by atoms with Gasteiger partial charge in [0, 0.05) is 11.1 Å². The fraction of sp³-hybridized carbons (Fsp3) is 0.588. The molecule has 0 radical (unpaired) electrons. The molecule has 1 aliphatic heterocycles. The molecule has 120 valence electrons. The number of halogens is 1. The quantitative estimate of drug-likeness (QED) is 0.767. The molecule has 22 heavy (non-hydrogen) atoms. The monoisotopic (exact) mass is 323 g/mol.